The lowest BCUT2D eigenvalue weighted by Gasteiger charge is -2.15. The van der Waals surface area contributed by atoms with E-state index < -0.39 is 0 Å². The van der Waals surface area contributed by atoms with Crippen LogP contribution in [-0.2, 0) is 16.1 Å². The highest BCUT2D eigenvalue weighted by Gasteiger charge is 2.08. The lowest BCUT2D eigenvalue weighted by Crippen LogP contribution is -2.41. The van der Waals surface area contributed by atoms with Gasteiger partial charge in [-0.25, -0.2) is 0 Å². The summed E-state index contributed by atoms with van der Waals surface area (Å²) in [5.74, 6) is 1.24. The molecule has 3 N–H and O–H groups in total. The summed E-state index contributed by atoms with van der Waals surface area (Å²) in [5, 5.41) is 9.07. The van der Waals surface area contributed by atoms with E-state index in [1.807, 2.05) is 55.5 Å². The number of rotatable bonds is 10. The molecule has 7 nitrogen and oxygen atoms in total. The van der Waals surface area contributed by atoms with Crippen LogP contribution in [0.4, 0.5) is 5.69 Å². The molecule has 2 aromatic carbocycles. The second-order valence-corrected chi connectivity index (χ2v) is 6.50. The largest absolute Gasteiger partial charge is 0.493 e. The number of amides is 1. The molecule has 0 spiro atoms. The van der Waals surface area contributed by atoms with Crippen LogP contribution < -0.4 is 20.7 Å². The van der Waals surface area contributed by atoms with Crippen molar-refractivity contribution in [2.45, 2.75) is 19.9 Å². The molecule has 0 atom stereocenters. The molecule has 0 radical (unpaired) electrons. The van der Waals surface area contributed by atoms with E-state index in [4.69, 9.17) is 9.47 Å². The number of ether oxygens (including phenoxy) is 2. The monoisotopic (exact) mass is 526 g/mol. The summed E-state index contributed by atoms with van der Waals surface area (Å²) in [6.07, 6.45) is 0.830. The van der Waals surface area contributed by atoms with Crippen molar-refractivity contribution in [2.75, 3.05) is 39.2 Å². The zero-order chi connectivity index (χ0) is 20.9. The third-order valence-corrected chi connectivity index (χ3v) is 4.12. The SMILES string of the molecule is CN=C(NCC(=O)Nc1ccccc1)NCc1ccc(C)cc1OCCCOC.I. The van der Waals surface area contributed by atoms with Gasteiger partial charge in [0.25, 0.3) is 0 Å². The summed E-state index contributed by atoms with van der Waals surface area (Å²) in [7, 11) is 3.35. The van der Waals surface area contributed by atoms with E-state index in [9.17, 15) is 4.79 Å². The van der Waals surface area contributed by atoms with Crippen molar-refractivity contribution in [2.24, 2.45) is 4.99 Å². The number of nitrogens with zero attached hydrogens (tertiary/aromatic N) is 1. The van der Waals surface area contributed by atoms with Gasteiger partial charge in [0.1, 0.15) is 5.75 Å². The van der Waals surface area contributed by atoms with Gasteiger partial charge in [-0.05, 0) is 30.7 Å². The maximum Gasteiger partial charge on any atom is 0.243 e. The van der Waals surface area contributed by atoms with Gasteiger partial charge in [-0.2, -0.15) is 0 Å². The zero-order valence-electron chi connectivity index (χ0n) is 17.7. The highest BCUT2D eigenvalue weighted by molar-refractivity contribution is 14.0. The average Bonchev–Trinajstić information content (AvgIpc) is 2.73. The van der Waals surface area contributed by atoms with Crippen molar-refractivity contribution in [3.05, 3.63) is 59.7 Å². The summed E-state index contributed by atoms with van der Waals surface area (Å²) in [5.41, 5.74) is 2.91. The van der Waals surface area contributed by atoms with Crippen LogP contribution in [0.3, 0.4) is 0 Å². The Bertz CT molecular complexity index is 800. The number of benzene rings is 2. The fraction of sp³-hybridized carbons (Fsp3) is 0.364. The van der Waals surface area contributed by atoms with E-state index in [1.54, 1.807) is 14.2 Å². The molecular formula is C22H31IN4O3. The Labute approximate surface area is 195 Å². The first-order valence-corrected chi connectivity index (χ1v) is 9.63. The Balaban J connectivity index is 0.00000450. The number of para-hydroxylation sites is 1. The Morgan fingerprint density at radius 3 is 2.53 bits per heavy atom. The van der Waals surface area contributed by atoms with Crippen molar-refractivity contribution in [1.82, 2.24) is 10.6 Å². The second-order valence-electron chi connectivity index (χ2n) is 6.50. The quantitative estimate of drug-likeness (QED) is 0.192. The topological polar surface area (TPSA) is 84.0 Å². The summed E-state index contributed by atoms with van der Waals surface area (Å²) < 4.78 is 11.0. The minimum Gasteiger partial charge on any atom is -0.493 e. The fourth-order valence-corrected chi connectivity index (χ4v) is 2.62. The van der Waals surface area contributed by atoms with Crippen LogP contribution in [0.1, 0.15) is 17.5 Å². The number of carbonyl (C=O) groups is 1. The van der Waals surface area contributed by atoms with Gasteiger partial charge in [0.2, 0.25) is 5.91 Å². The number of hydrogen-bond acceptors (Lipinski definition) is 4. The predicted octanol–water partition coefficient (Wildman–Crippen LogP) is 3.33. The zero-order valence-corrected chi connectivity index (χ0v) is 20.1. The van der Waals surface area contributed by atoms with Gasteiger partial charge in [0, 0.05) is 45.0 Å². The van der Waals surface area contributed by atoms with Crippen LogP contribution >= 0.6 is 24.0 Å². The molecule has 0 bridgehead atoms. The highest BCUT2D eigenvalue weighted by atomic mass is 127. The van der Waals surface area contributed by atoms with Gasteiger partial charge in [0.15, 0.2) is 5.96 Å². The van der Waals surface area contributed by atoms with E-state index >= 15 is 0 Å². The van der Waals surface area contributed by atoms with Crippen molar-refractivity contribution in [3.63, 3.8) is 0 Å². The van der Waals surface area contributed by atoms with Crippen LogP contribution in [0.15, 0.2) is 53.5 Å². The van der Waals surface area contributed by atoms with Gasteiger partial charge in [-0.1, -0.05) is 30.3 Å². The number of nitrogens with one attached hydrogen (secondary N) is 3. The van der Waals surface area contributed by atoms with Gasteiger partial charge in [0.05, 0.1) is 13.2 Å². The smallest absolute Gasteiger partial charge is 0.243 e. The highest BCUT2D eigenvalue weighted by Crippen LogP contribution is 2.20. The molecule has 1 amide bonds. The first-order chi connectivity index (χ1) is 14.1. The summed E-state index contributed by atoms with van der Waals surface area (Å²) in [4.78, 5) is 16.3. The van der Waals surface area contributed by atoms with Crippen molar-refractivity contribution >= 4 is 41.5 Å². The Morgan fingerprint density at radius 2 is 1.83 bits per heavy atom. The van der Waals surface area contributed by atoms with Crippen LogP contribution in [0.25, 0.3) is 0 Å². The third-order valence-electron chi connectivity index (χ3n) is 4.12. The third kappa shape index (κ3) is 9.45. The molecule has 0 aromatic heterocycles. The lowest BCUT2D eigenvalue weighted by atomic mass is 10.1. The molecule has 0 aliphatic carbocycles. The Hall–Kier alpha value is -2.33. The van der Waals surface area contributed by atoms with E-state index in [-0.39, 0.29) is 36.4 Å². The number of halogens is 1. The molecule has 0 fully saturated rings. The molecule has 0 aliphatic heterocycles. The van der Waals surface area contributed by atoms with Crippen molar-refractivity contribution in [1.29, 1.82) is 0 Å². The molecule has 0 saturated heterocycles. The van der Waals surface area contributed by atoms with E-state index in [0.717, 1.165) is 29.0 Å². The standard InChI is InChI=1S/C22H30N4O3.HI/c1-17-10-11-18(20(14-17)29-13-7-12-28-3)15-24-22(23-2)25-16-21(27)26-19-8-5-4-6-9-19;/h4-6,8-11,14H,7,12-13,15-16H2,1-3H3,(H,26,27)(H2,23,24,25);1H. The number of aliphatic imine (C=N–C) groups is 1. The van der Waals surface area contributed by atoms with Crippen LogP contribution in [0.2, 0.25) is 0 Å². The van der Waals surface area contributed by atoms with Gasteiger partial charge < -0.3 is 25.4 Å². The van der Waals surface area contributed by atoms with Crippen molar-refractivity contribution in [3.8, 4) is 5.75 Å². The molecule has 0 saturated carbocycles. The molecule has 30 heavy (non-hydrogen) atoms. The van der Waals surface area contributed by atoms with E-state index in [1.165, 1.54) is 0 Å². The van der Waals surface area contributed by atoms with E-state index in [2.05, 4.69) is 20.9 Å². The minimum absolute atomic E-state index is 0. The number of guanidine groups is 1. The first-order valence-electron chi connectivity index (χ1n) is 9.63. The molecule has 0 heterocycles. The molecule has 0 unspecified atom stereocenters. The Morgan fingerprint density at radius 1 is 1.07 bits per heavy atom. The lowest BCUT2D eigenvalue weighted by molar-refractivity contribution is -0.115. The second kappa shape index (κ2) is 14.6. The summed E-state index contributed by atoms with van der Waals surface area (Å²) in [6, 6.07) is 15.4. The summed E-state index contributed by atoms with van der Waals surface area (Å²) >= 11 is 0. The van der Waals surface area contributed by atoms with Gasteiger partial charge >= 0.3 is 0 Å². The maximum absolute atomic E-state index is 12.1. The predicted molar refractivity (Wildman–Crippen MR) is 132 cm³/mol. The van der Waals surface area contributed by atoms with E-state index in [0.29, 0.717) is 25.7 Å². The Kier molecular flexibility index (Phi) is 12.5. The number of aryl methyl sites for hydroxylation is 1. The van der Waals surface area contributed by atoms with Gasteiger partial charge in [-0.15, -0.1) is 24.0 Å². The molecule has 2 aromatic rings. The van der Waals surface area contributed by atoms with Crippen LogP contribution in [0.5, 0.6) is 5.75 Å². The first kappa shape index (κ1) is 25.7. The molecular weight excluding hydrogens is 495 g/mol. The molecule has 164 valence electrons. The number of anilines is 1. The van der Waals surface area contributed by atoms with Crippen LogP contribution in [-0.4, -0.2) is 45.8 Å². The minimum atomic E-state index is -0.142. The van der Waals surface area contributed by atoms with Crippen molar-refractivity contribution < 1.29 is 14.3 Å². The number of carbonyl (C=O) groups excluding carboxylic acids is 1. The molecule has 8 heteroatoms. The number of methoxy groups -OCH3 is 1. The molecule has 2 rings (SSSR count). The summed E-state index contributed by atoms with van der Waals surface area (Å²) in [6.45, 7) is 3.94. The van der Waals surface area contributed by atoms with Gasteiger partial charge in [-0.3, -0.25) is 9.79 Å². The van der Waals surface area contributed by atoms with Crippen LogP contribution in [0, 0.1) is 6.92 Å². The normalized spacial score (nSPS) is 10.7. The number of hydrogen-bond donors (Lipinski definition) is 3. The molecule has 0 aliphatic rings. The maximum atomic E-state index is 12.1. The average molecular weight is 526 g/mol. The fourth-order valence-electron chi connectivity index (χ4n) is 2.62.